The molecule has 0 saturated carbocycles. The molecule has 1 aromatic heterocycles. The number of thiophene rings is 1. The summed E-state index contributed by atoms with van der Waals surface area (Å²) in [6, 6.07) is 45.6. The summed E-state index contributed by atoms with van der Waals surface area (Å²) in [5.41, 5.74) is 7.78. The third kappa shape index (κ3) is 4.92. The first-order chi connectivity index (χ1) is 19.9. The number of benzene rings is 6. The third-order valence-corrected chi connectivity index (χ3v) is 8.71. The van der Waals surface area contributed by atoms with Crippen molar-refractivity contribution < 1.29 is 13.2 Å². The number of hydrogen-bond donors (Lipinski definition) is 0. The van der Waals surface area contributed by atoms with Gasteiger partial charge in [0, 0.05) is 20.2 Å². The average Bonchev–Trinajstić information content (AvgIpc) is 3.39. The van der Waals surface area contributed by atoms with Crippen LogP contribution in [0, 0.1) is 0 Å². The Morgan fingerprint density at radius 2 is 0.805 bits per heavy atom. The third-order valence-electron chi connectivity index (χ3n) is 7.55. The van der Waals surface area contributed by atoms with Crippen molar-refractivity contribution in [3.05, 3.63) is 145 Å². The summed E-state index contributed by atoms with van der Waals surface area (Å²) in [4.78, 5) is 0. The molecule has 7 aromatic rings. The van der Waals surface area contributed by atoms with Crippen LogP contribution in [0.15, 0.2) is 140 Å². The Labute approximate surface area is 240 Å². The molecule has 0 aliphatic carbocycles. The summed E-state index contributed by atoms with van der Waals surface area (Å²) < 4.78 is 41.3. The minimum Gasteiger partial charge on any atom is -0.166 e. The predicted octanol–water partition coefficient (Wildman–Crippen LogP) is 11.7. The van der Waals surface area contributed by atoms with Gasteiger partial charge < -0.3 is 0 Å². The topological polar surface area (TPSA) is 0 Å². The zero-order valence-corrected chi connectivity index (χ0v) is 22.6. The average molecular weight is 557 g/mol. The van der Waals surface area contributed by atoms with Crippen molar-refractivity contribution in [2.75, 3.05) is 0 Å². The highest BCUT2D eigenvalue weighted by molar-refractivity contribution is 7.25. The molecule has 198 valence electrons. The molecule has 0 N–H and O–H groups in total. The minimum atomic E-state index is -4.33. The summed E-state index contributed by atoms with van der Waals surface area (Å²) in [7, 11) is 0. The molecule has 0 nitrogen and oxygen atoms in total. The molecule has 0 radical (unpaired) electrons. The lowest BCUT2D eigenvalue weighted by molar-refractivity contribution is -0.137. The second-order valence-corrected chi connectivity index (χ2v) is 11.2. The lowest BCUT2D eigenvalue weighted by Crippen LogP contribution is -2.03. The van der Waals surface area contributed by atoms with E-state index in [9.17, 15) is 13.2 Å². The van der Waals surface area contributed by atoms with E-state index < -0.39 is 11.7 Å². The van der Waals surface area contributed by atoms with Gasteiger partial charge in [-0.05, 0) is 80.9 Å². The minimum absolute atomic E-state index is 0.639. The number of fused-ring (bicyclic) bond motifs is 3. The Morgan fingerprint density at radius 1 is 0.366 bits per heavy atom. The highest BCUT2D eigenvalue weighted by Crippen LogP contribution is 2.37. The predicted molar refractivity (Wildman–Crippen MR) is 166 cm³/mol. The Bertz CT molecular complexity index is 2000. The molecule has 0 aliphatic heterocycles. The van der Waals surface area contributed by atoms with Crippen LogP contribution in [-0.2, 0) is 6.18 Å². The fourth-order valence-electron chi connectivity index (χ4n) is 5.35. The van der Waals surface area contributed by atoms with Crippen LogP contribution in [0.25, 0.3) is 64.7 Å². The van der Waals surface area contributed by atoms with Gasteiger partial charge in [-0.2, -0.15) is 13.2 Å². The van der Waals surface area contributed by atoms with E-state index in [-0.39, 0.29) is 0 Å². The van der Waals surface area contributed by atoms with Crippen LogP contribution >= 0.6 is 11.3 Å². The molecule has 0 fully saturated rings. The molecule has 1 heterocycles. The van der Waals surface area contributed by atoms with Crippen molar-refractivity contribution in [2.24, 2.45) is 0 Å². The van der Waals surface area contributed by atoms with Gasteiger partial charge in [-0.15, -0.1) is 11.3 Å². The first-order valence-corrected chi connectivity index (χ1v) is 14.1. The molecule has 4 heteroatoms. The van der Waals surface area contributed by atoms with Gasteiger partial charge in [0.25, 0.3) is 0 Å². The fraction of sp³-hybridized carbons (Fsp3) is 0.0270. The van der Waals surface area contributed by atoms with Crippen molar-refractivity contribution in [1.29, 1.82) is 0 Å². The van der Waals surface area contributed by atoms with Gasteiger partial charge in [-0.25, -0.2) is 0 Å². The summed E-state index contributed by atoms with van der Waals surface area (Å²) >= 11 is 1.83. The molecule has 0 atom stereocenters. The SMILES string of the molecule is FC(F)(F)c1ccc(-c2ccc(-c3cccc(-c4ccc(-c5ccc6sc7ccccc7c6c5)cc4)c3)cc2)cc1. The number of hydrogen-bond acceptors (Lipinski definition) is 1. The van der Waals surface area contributed by atoms with Crippen LogP contribution in [0.3, 0.4) is 0 Å². The second-order valence-electron chi connectivity index (χ2n) is 10.1. The molecule has 0 unspecified atom stereocenters. The largest absolute Gasteiger partial charge is 0.416 e. The number of alkyl halides is 3. The molecule has 0 saturated heterocycles. The van der Waals surface area contributed by atoms with Crippen LogP contribution in [-0.4, -0.2) is 0 Å². The van der Waals surface area contributed by atoms with Gasteiger partial charge in [-0.1, -0.05) is 103 Å². The maximum absolute atomic E-state index is 12.9. The summed E-state index contributed by atoms with van der Waals surface area (Å²) in [6.07, 6.45) is -4.33. The Hall–Kier alpha value is -4.67. The Balaban J connectivity index is 1.13. The lowest BCUT2D eigenvalue weighted by Gasteiger charge is -2.10. The van der Waals surface area contributed by atoms with Gasteiger partial charge in [0.15, 0.2) is 0 Å². The number of halogens is 3. The van der Waals surface area contributed by atoms with Crippen molar-refractivity contribution in [3.63, 3.8) is 0 Å². The summed E-state index contributed by atoms with van der Waals surface area (Å²) in [6.45, 7) is 0. The Morgan fingerprint density at radius 3 is 1.37 bits per heavy atom. The van der Waals surface area contributed by atoms with Crippen LogP contribution in [0.2, 0.25) is 0 Å². The standard InChI is InChI=1S/C37H23F3S/c38-37(39,40)32-19-16-25(17-20-32)24-8-10-26(11-9-24)29-4-3-5-30(22-29)27-12-14-28(15-13-27)31-18-21-36-34(23-31)33-6-1-2-7-35(33)41-36/h1-23H. The summed E-state index contributed by atoms with van der Waals surface area (Å²) in [5.74, 6) is 0. The normalized spacial score (nSPS) is 11.8. The van der Waals surface area contributed by atoms with Gasteiger partial charge in [0.05, 0.1) is 5.56 Å². The zero-order valence-electron chi connectivity index (χ0n) is 21.8. The molecule has 41 heavy (non-hydrogen) atoms. The van der Waals surface area contributed by atoms with E-state index in [4.69, 9.17) is 0 Å². The monoisotopic (exact) mass is 556 g/mol. The zero-order chi connectivity index (χ0) is 28.0. The summed E-state index contributed by atoms with van der Waals surface area (Å²) in [5, 5.41) is 2.60. The van der Waals surface area contributed by atoms with E-state index in [0.29, 0.717) is 0 Å². The van der Waals surface area contributed by atoms with Crippen LogP contribution < -0.4 is 0 Å². The van der Waals surface area contributed by atoms with Crippen molar-refractivity contribution in [3.8, 4) is 44.5 Å². The van der Waals surface area contributed by atoms with Crippen LogP contribution in [0.4, 0.5) is 13.2 Å². The van der Waals surface area contributed by atoms with E-state index in [1.54, 1.807) is 0 Å². The van der Waals surface area contributed by atoms with Crippen LogP contribution in [0.1, 0.15) is 5.56 Å². The first-order valence-electron chi connectivity index (χ1n) is 13.3. The van der Waals surface area contributed by atoms with Crippen molar-refractivity contribution >= 4 is 31.5 Å². The van der Waals surface area contributed by atoms with E-state index in [1.165, 1.54) is 43.4 Å². The Kier molecular flexibility index (Phi) is 6.21. The van der Waals surface area contributed by atoms with E-state index in [1.807, 2.05) is 35.6 Å². The molecule has 0 bridgehead atoms. The molecule has 7 rings (SSSR count). The number of rotatable bonds is 4. The van der Waals surface area contributed by atoms with Gasteiger partial charge in [0.1, 0.15) is 0 Å². The first kappa shape index (κ1) is 25.3. The molecular formula is C37H23F3S. The molecule has 0 spiro atoms. The van der Waals surface area contributed by atoms with Crippen molar-refractivity contribution in [1.82, 2.24) is 0 Å². The molecule has 0 aliphatic rings. The van der Waals surface area contributed by atoms with E-state index in [2.05, 4.69) is 91.0 Å². The van der Waals surface area contributed by atoms with Crippen molar-refractivity contribution in [2.45, 2.75) is 6.18 Å². The molecular weight excluding hydrogens is 533 g/mol. The van der Waals surface area contributed by atoms with Gasteiger partial charge >= 0.3 is 6.18 Å². The van der Waals surface area contributed by atoms with Gasteiger partial charge in [-0.3, -0.25) is 0 Å². The lowest BCUT2D eigenvalue weighted by atomic mass is 9.95. The quantitative estimate of drug-likeness (QED) is 0.202. The van der Waals surface area contributed by atoms with Gasteiger partial charge in [0.2, 0.25) is 0 Å². The maximum atomic E-state index is 12.9. The van der Waals surface area contributed by atoms with Crippen LogP contribution in [0.5, 0.6) is 0 Å². The van der Waals surface area contributed by atoms with E-state index in [0.717, 1.165) is 45.5 Å². The molecule has 6 aromatic carbocycles. The molecule has 0 amide bonds. The highest BCUT2D eigenvalue weighted by Gasteiger charge is 2.29. The maximum Gasteiger partial charge on any atom is 0.416 e. The smallest absolute Gasteiger partial charge is 0.166 e. The highest BCUT2D eigenvalue weighted by atomic mass is 32.1. The second kappa shape index (κ2) is 10.1. The fourth-order valence-corrected chi connectivity index (χ4v) is 6.43. The van der Waals surface area contributed by atoms with E-state index >= 15 is 0 Å².